The molecule has 2 atom stereocenters. The van der Waals surface area contributed by atoms with Gasteiger partial charge in [-0.05, 0) is 26.3 Å². The van der Waals surface area contributed by atoms with E-state index in [0.717, 1.165) is 5.69 Å². The van der Waals surface area contributed by atoms with Crippen LogP contribution in [0.2, 0.25) is 0 Å². The third-order valence-electron chi connectivity index (χ3n) is 3.04. The maximum absolute atomic E-state index is 11.0. The number of aliphatic hydroxyl groups excluding tert-OH is 1. The molecular weight excluding hydrogens is 258 g/mol. The smallest absolute Gasteiger partial charge is 0.295 e. The molecule has 0 fully saturated rings. The second-order valence-corrected chi connectivity index (χ2v) is 4.92. The number of nitro benzene ring substituents is 1. The number of hydrogen-bond acceptors (Lipinski definition) is 5. The fraction of sp³-hybridized carbons (Fsp3) is 0.357. The number of hydrogen-bond donors (Lipinski definition) is 2. The van der Waals surface area contributed by atoms with Gasteiger partial charge in [-0.25, -0.2) is 4.98 Å². The standard InChI is InChI=1S/C14H17N3O3/c1-9(8-10(2)18)16-12-6-7-15-14-11(12)4-3-5-13(14)17(19)20/h3-7,9-10,18H,8H2,1-2H3,(H,15,16). The van der Waals surface area contributed by atoms with E-state index in [-0.39, 0.29) is 11.7 Å². The second kappa shape index (κ2) is 5.83. The Bertz CT molecular complexity index is 628. The fourth-order valence-electron chi connectivity index (χ4n) is 2.27. The van der Waals surface area contributed by atoms with Gasteiger partial charge >= 0.3 is 0 Å². The van der Waals surface area contributed by atoms with Gasteiger partial charge in [0.15, 0.2) is 0 Å². The van der Waals surface area contributed by atoms with Crippen LogP contribution in [-0.2, 0) is 0 Å². The number of aromatic nitrogens is 1. The summed E-state index contributed by atoms with van der Waals surface area (Å²) < 4.78 is 0. The Kier molecular flexibility index (Phi) is 4.14. The van der Waals surface area contributed by atoms with E-state index < -0.39 is 11.0 Å². The molecule has 1 aromatic heterocycles. The van der Waals surface area contributed by atoms with E-state index in [2.05, 4.69) is 10.3 Å². The highest BCUT2D eigenvalue weighted by atomic mass is 16.6. The normalized spacial score (nSPS) is 13.9. The minimum Gasteiger partial charge on any atom is -0.393 e. The highest BCUT2D eigenvalue weighted by Gasteiger charge is 2.15. The summed E-state index contributed by atoms with van der Waals surface area (Å²) in [5, 5.41) is 24.4. The van der Waals surface area contributed by atoms with Crippen LogP contribution < -0.4 is 5.32 Å². The van der Waals surface area contributed by atoms with Crippen LogP contribution in [0.15, 0.2) is 30.5 Å². The summed E-state index contributed by atoms with van der Waals surface area (Å²) in [4.78, 5) is 14.7. The molecule has 6 heteroatoms. The first-order chi connectivity index (χ1) is 9.49. The van der Waals surface area contributed by atoms with Gasteiger partial charge in [-0.2, -0.15) is 0 Å². The number of pyridine rings is 1. The Morgan fingerprint density at radius 2 is 2.15 bits per heavy atom. The van der Waals surface area contributed by atoms with Crippen LogP contribution in [-0.4, -0.2) is 27.2 Å². The Labute approximate surface area is 116 Å². The van der Waals surface area contributed by atoms with E-state index in [9.17, 15) is 15.2 Å². The molecule has 0 bridgehead atoms. The summed E-state index contributed by atoms with van der Waals surface area (Å²) in [6, 6.07) is 6.72. The van der Waals surface area contributed by atoms with E-state index in [0.29, 0.717) is 17.3 Å². The zero-order valence-electron chi connectivity index (χ0n) is 11.4. The van der Waals surface area contributed by atoms with Gasteiger partial charge in [0.2, 0.25) is 0 Å². The molecule has 2 aromatic rings. The van der Waals surface area contributed by atoms with Crippen LogP contribution >= 0.6 is 0 Å². The summed E-state index contributed by atoms with van der Waals surface area (Å²) in [5.41, 5.74) is 1.15. The van der Waals surface area contributed by atoms with Crippen molar-refractivity contribution in [3.63, 3.8) is 0 Å². The van der Waals surface area contributed by atoms with Gasteiger partial charge in [0.25, 0.3) is 5.69 Å². The maximum Gasteiger partial charge on any atom is 0.295 e. The third-order valence-corrected chi connectivity index (χ3v) is 3.04. The van der Waals surface area contributed by atoms with Crippen molar-refractivity contribution in [2.75, 3.05) is 5.32 Å². The molecule has 2 N–H and O–H groups in total. The number of benzene rings is 1. The molecule has 1 heterocycles. The minimum absolute atomic E-state index is 0.00525. The maximum atomic E-state index is 11.0. The topological polar surface area (TPSA) is 88.3 Å². The first-order valence-corrected chi connectivity index (χ1v) is 6.45. The number of anilines is 1. The van der Waals surface area contributed by atoms with E-state index in [1.807, 2.05) is 6.92 Å². The van der Waals surface area contributed by atoms with E-state index >= 15 is 0 Å². The van der Waals surface area contributed by atoms with Crippen LogP contribution in [0, 0.1) is 10.1 Å². The molecule has 0 saturated carbocycles. The zero-order valence-corrected chi connectivity index (χ0v) is 11.4. The number of nitrogens with one attached hydrogen (secondary N) is 1. The van der Waals surface area contributed by atoms with Gasteiger partial charge in [-0.15, -0.1) is 0 Å². The molecule has 20 heavy (non-hydrogen) atoms. The Morgan fingerprint density at radius 3 is 2.80 bits per heavy atom. The molecule has 0 amide bonds. The molecule has 0 aliphatic heterocycles. The van der Waals surface area contributed by atoms with Crippen LogP contribution in [0.3, 0.4) is 0 Å². The molecule has 0 aliphatic rings. The highest BCUT2D eigenvalue weighted by molar-refractivity contribution is 5.96. The minimum atomic E-state index is -0.432. The van der Waals surface area contributed by atoms with Gasteiger partial charge in [0.05, 0.1) is 11.0 Å². The van der Waals surface area contributed by atoms with Crippen LogP contribution in [0.25, 0.3) is 10.9 Å². The number of para-hydroxylation sites is 1. The molecule has 2 rings (SSSR count). The van der Waals surface area contributed by atoms with Crippen molar-refractivity contribution in [3.05, 3.63) is 40.6 Å². The summed E-state index contributed by atoms with van der Waals surface area (Å²) in [6.07, 6.45) is 1.74. The van der Waals surface area contributed by atoms with Gasteiger partial charge in [0.1, 0.15) is 5.52 Å². The molecule has 0 radical (unpaired) electrons. The Balaban J connectivity index is 2.40. The number of nitro groups is 1. The Morgan fingerprint density at radius 1 is 1.40 bits per heavy atom. The summed E-state index contributed by atoms with van der Waals surface area (Å²) >= 11 is 0. The average molecular weight is 275 g/mol. The first-order valence-electron chi connectivity index (χ1n) is 6.45. The van der Waals surface area contributed by atoms with Crippen molar-refractivity contribution in [1.82, 2.24) is 4.98 Å². The molecule has 0 spiro atoms. The first kappa shape index (κ1) is 14.2. The average Bonchev–Trinajstić information content (AvgIpc) is 2.37. The largest absolute Gasteiger partial charge is 0.393 e. The number of fused-ring (bicyclic) bond motifs is 1. The molecule has 0 aliphatic carbocycles. The van der Waals surface area contributed by atoms with Gasteiger partial charge in [-0.1, -0.05) is 12.1 Å². The number of nitrogens with zero attached hydrogens (tertiary/aromatic N) is 2. The number of aliphatic hydroxyl groups is 1. The van der Waals surface area contributed by atoms with Gasteiger partial charge in [0, 0.05) is 29.4 Å². The molecule has 106 valence electrons. The van der Waals surface area contributed by atoms with Gasteiger partial charge in [-0.3, -0.25) is 10.1 Å². The van der Waals surface area contributed by atoms with Crippen molar-refractivity contribution in [3.8, 4) is 0 Å². The lowest BCUT2D eigenvalue weighted by Gasteiger charge is -2.17. The second-order valence-electron chi connectivity index (χ2n) is 4.92. The SMILES string of the molecule is CC(O)CC(C)Nc1ccnc2c([N+](=O)[O-])cccc12. The van der Waals surface area contributed by atoms with Crippen LogP contribution in [0.5, 0.6) is 0 Å². The van der Waals surface area contributed by atoms with Crippen molar-refractivity contribution in [2.45, 2.75) is 32.4 Å². The van der Waals surface area contributed by atoms with Gasteiger partial charge < -0.3 is 10.4 Å². The lowest BCUT2D eigenvalue weighted by molar-refractivity contribution is -0.383. The summed E-state index contributed by atoms with van der Waals surface area (Å²) in [7, 11) is 0. The summed E-state index contributed by atoms with van der Waals surface area (Å²) in [6.45, 7) is 3.68. The monoisotopic (exact) mass is 275 g/mol. The van der Waals surface area contributed by atoms with Crippen molar-refractivity contribution in [2.24, 2.45) is 0 Å². The van der Waals surface area contributed by atoms with E-state index in [1.165, 1.54) is 6.07 Å². The number of non-ortho nitro benzene ring substituents is 1. The van der Waals surface area contributed by atoms with Crippen LogP contribution in [0.4, 0.5) is 11.4 Å². The molecule has 6 nitrogen and oxygen atoms in total. The predicted octanol–water partition coefficient (Wildman–Crippen LogP) is 2.71. The van der Waals surface area contributed by atoms with Crippen molar-refractivity contribution >= 4 is 22.3 Å². The van der Waals surface area contributed by atoms with E-state index in [4.69, 9.17) is 0 Å². The van der Waals surface area contributed by atoms with Crippen LogP contribution in [0.1, 0.15) is 20.3 Å². The summed E-state index contributed by atoms with van der Waals surface area (Å²) in [5.74, 6) is 0. The van der Waals surface area contributed by atoms with E-state index in [1.54, 1.807) is 31.3 Å². The molecule has 0 saturated heterocycles. The zero-order chi connectivity index (χ0) is 14.7. The third kappa shape index (κ3) is 3.03. The Hall–Kier alpha value is -2.21. The molecule has 1 aromatic carbocycles. The molecule has 2 unspecified atom stereocenters. The van der Waals surface area contributed by atoms with Crippen molar-refractivity contribution in [1.29, 1.82) is 0 Å². The molecular formula is C14H17N3O3. The fourth-order valence-corrected chi connectivity index (χ4v) is 2.27. The number of rotatable bonds is 5. The highest BCUT2D eigenvalue weighted by Crippen LogP contribution is 2.29. The quantitative estimate of drug-likeness (QED) is 0.647. The predicted molar refractivity (Wildman–Crippen MR) is 77.8 cm³/mol. The van der Waals surface area contributed by atoms with Crippen molar-refractivity contribution < 1.29 is 10.0 Å². The lowest BCUT2D eigenvalue weighted by Crippen LogP contribution is -2.20. The lowest BCUT2D eigenvalue weighted by atomic mass is 10.1.